The minimum atomic E-state index is 0.216. The summed E-state index contributed by atoms with van der Waals surface area (Å²) in [5, 5.41) is 0. The van der Waals surface area contributed by atoms with Gasteiger partial charge in [-0.05, 0) is 25.2 Å². The summed E-state index contributed by atoms with van der Waals surface area (Å²) in [5.41, 5.74) is 6.14. The predicted octanol–water partition coefficient (Wildman–Crippen LogP) is 4.13. The highest BCUT2D eigenvalue weighted by atomic mass is 16.5. The highest BCUT2D eigenvalue weighted by molar-refractivity contribution is 4.72. The summed E-state index contributed by atoms with van der Waals surface area (Å²) in [6, 6.07) is 0.216. The standard InChI is InChI=1S/C15H33NO/c1-5-9-11-13(7-3)12-17-15(8-4)14(16)10-6-2/h13-15H,5-12,16H2,1-4H3. The molecule has 0 aromatic rings. The molecule has 2 N–H and O–H groups in total. The third kappa shape index (κ3) is 7.77. The Balaban J connectivity index is 3.93. The van der Waals surface area contributed by atoms with Crippen molar-refractivity contribution in [2.75, 3.05) is 6.61 Å². The van der Waals surface area contributed by atoms with Crippen molar-refractivity contribution >= 4 is 0 Å². The van der Waals surface area contributed by atoms with Crippen molar-refractivity contribution in [3.63, 3.8) is 0 Å². The molecule has 0 amide bonds. The normalized spacial score (nSPS) is 16.8. The van der Waals surface area contributed by atoms with E-state index < -0.39 is 0 Å². The van der Waals surface area contributed by atoms with E-state index in [-0.39, 0.29) is 12.1 Å². The average Bonchev–Trinajstić information content (AvgIpc) is 2.34. The van der Waals surface area contributed by atoms with Crippen LogP contribution in [0.1, 0.15) is 72.6 Å². The molecule has 0 aliphatic heterocycles. The van der Waals surface area contributed by atoms with Gasteiger partial charge in [0, 0.05) is 12.6 Å². The molecular formula is C15H33NO. The van der Waals surface area contributed by atoms with Crippen LogP contribution in [0.3, 0.4) is 0 Å². The molecule has 17 heavy (non-hydrogen) atoms. The molecule has 0 aliphatic carbocycles. The molecular weight excluding hydrogens is 210 g/mol. The first-order chi connectivity index (χ1) is 8.19. The lowest BCUT2D eigenvalue weighted by Gasteiger charge is -2.25. The fourth-order valence-electron chi connectivity index (χ4n) is 2.22. The maximum Gasteiger partial charge on any atom is 0.0723 e. The molecule has 0 heterocycles. The van der Waals surface area contributed by atoms with Gasteiger partial charge in [0.2, 0.25) is 0 Å². The second-order valence-electron chi connectivity index (χ2n) is 5.15. The zero-order valence-corrected chi connectivity index (χ0v) is 12.4. The van der Waals surface area contributed by atoms with Crippen LogP contribution in [0.5, 0.6) is 0 Å². The third-order valence-corrected chi connectivity index (χ3v) is 3.59. The average molecular weight is 243 g/mol. The maximum atomic E-state index is 6.14. The lowest BCUT2D eigenvalue weighted by Crippen LogP contribution is -2.37. The van der Waals surface area contributed by atoms with Crippen LogP contribution in [0, 0.1) is 5.92 Å². The van der Waals surface area contributed by atoms with E-state index in [4.69, 9.17) is 10.5 Å². The number of ether oxygens (including phenoxy) is 1. The molecule has 2 nitrogen and oxygen atoms in total. The van der Waals surface area contributed by atoms with E-state index in [1.54, 1.807) is 0 Å². The monoisotopic (exact) mass is 243 g/mol. The van der Waals surface area contributed by atoms with Crippen LogP contribution in [0.2, 0.25) is 0 Å². The van der Waals surface area contributed by atoms with Crippen LogP contribution in [0.25, 0.3) is 0 Å². The Morgan fingerprint density at radius 3 is 2.12 bits per heavy atom. The summed E-state index contributed by atoms with van der Waals surface area (Å²) in [6.45, 7) is 9.76. The molecule has 0 rings (SSSR count). The molecule has 0 fully saturated rings. The summed E-state index contributed by atoms with van der Waals surface area (Å²) < 4.78 is 6.03. The van der Waals surface area contributed by atoms with Gasteiger partial charge in [-0.3, -0.25) is 0 Å². The van der Waals surface area contributed by atoms with E-state index in [0.717, 1.165) is 31.8 Å². The van der Waals surface area contributed by atoms with E-state index in [0.29, 0.717) is 0 Å². The first-order valence-corrected chi connectivity index (χ1v) is 7.56. The molecule has 0 aliphatic rings. The van der Waals surface area contributed by atoms with Gasteiger partial charge in [-0.2, -0.15) is 0 Å². The van der Waals surface area contributed by atoms with Crippen molar-refractivity contribution in [1.29, 1.82) is 0 Å². The van der Waals surface area contributed by atoms with Gasteiger partial charge in [0.05, 0.1) is 6.10 Å². The maximum absolute atomic E-state index is 6.14. The topological polar surface area (TPSA) is 35.2 Å². The van der Waals surface area contributed by atoms with Gasteiger partial charge < -0.3 is 10.5 Å². The van der Waals surface area contributed by atoms with E-state index in [1.165, 1.54) is 25.7 Å². The lowest BCUT2D eigenvalue weighted by atomic mass is 10.00. The summed E-state index contributed by atoms with van der Waals surface area (Å²) in [6.07, 6.45) is 8.63. The van der Waals surface area contributed by atoms with Crippen molar-refractivity contribution in [3.05, 3.63) is 0 Å². The van der Waals surface area contributed by atoms with Crippen molar-refractivity contribution in [2.45, 2.75) is 84.8 Å². The van der Waals surface area contributed by atoms with E-state index in [2.05, 4.69) is 27.7 Å². The van der Waals surface area contributed by atoms with Gasteiger partial charge in [0.15, 0.2) is 0 Å². The molecule has 0 aromatic heterocycles. The fraction of sp³-hybridized carbons (Fsp3) is 1.00. The quantitative estimate of drug-likeness (QED) is 0.592. The zero-order valence-electron chi connectivity index (χ0n) is 12.4. The number of unbranched alkanes of at least 4 members (excludes halogenated alkanes) is 1. The largest absolute Gasteiger partial charge is 0.376 e. The Hall–Kier alpha value is -0.0800. The summed E-state index contributed by atoms with van der Waals surface area (Å²) in [5.74, 6) is 0.720. The third-order valence-electron chi connectivity index (χ3n) is 3.59. The van der Waals surface area contributed by atoms with E-state index in [9.17, 15) is 0 Å². The van der Waals surface area contributed by atoms with Crippen molar-refractivity contribution < 1.29 is 4.74 Å². The molecule has 0 spiro atoms. The Bertz CT molecular complexity index is 161. The second kappa shape index (κ2) is 11.0. The second-order valence-corrected chi connectivity index (χ2v) is 5.15. The fourth-order valence-corrected chi connectivity index (χ4v) is 2.22. The summed E-state index contributed by atoms with van der Waals surface area (Å²) in [4.78, 5) is 0. The first-order valence-electron chi connectivity index (χ1n) is 7.56. The molecule has 104 valence electrons. The molecule has 0 saturated carbocycles. The molecule has 0 bridgehead atoms. The SMILES string of the molecule is CCCCC(CC)COC(CC)C(N)CCC. The molecule has 0 radical (unpaired) electrons. The zero-order chi connectivity index (χ0) is 13.1. The van der Waals surface area contributed by atoms with Crippen LogP contribution in [0.15, 0.2) is 0 Å². The molecule has 0 saturated heterocycles. The first kappa shape index (κ1) is 16.9. The Morgan fingerprint density at radius 1 is 0.941 bits per heavy atom. The minimum absolute atomic E-state index is 0.216. The smallest absolute Gasteiger partial charge is 0.0723 e. The van der Waals surface area contributed by atoms with Crippen LogP contribution >= 0.6 is 0 Å². The predicted molar refractivity (Wildman–Crippen MR) is 76.2 cm³/mol. The summed E-state index contributed by atoms with van der Waals surface area (Å²) in [7, 11) is 0. The van der Waals surface area contributed by atoms with Crippen molar-refractivity contribution in [3.8, 4) is 0 Å². The van der Waals surface area contributed by atoms with Crippen molar-refractivity contribution in [1.82, 2.24) is 0 Å². The molecule has 3 atom stereocenters. The lowest BCUT2D eigenvalue weighted by molar-refractivity contribution is 0.00725. The van der Waals surface area contributed by atoms with Crippen LogP contribution < -0.4 is 5.73 Å². The molecule has 2 heteroatoms. The number of nitrogens with two attached hydrogens (primary N) is 1. The highest BCUT2D eigenvalue weighted by Crippen LogP contribution is 2.16. The van der Waals surface area contributed by atoms with E-state index in [1.807, 2.05) is 0 Å². The van der Waals surface area contributed by atoms with Gasteiger partial charge in [0.1, 0.15) is 0 Å². The minimum Gasteiger partial charge on any atom is -0.376 e. The number of hydrogen-bond acceptors (Lipinski definition) is 2. The Labute approximate surface area is 108 Å². The van der Waals surface area contributed by atoms with Gasteiger partial charge in [0.25, 0.3) is 0 Å². The van der Waals surface area contributed by atoms with Crippen LogP contribution in [0.4, 0.5) is 0 Å². The van der Waals surface area contributed by atoms with E-state index >= 15 is 0 Å². The van der Waals surface area contributed by atoms with Crippen LogP contribution in [-0.2, 0) is 4.74 Å². The number of rotatable bonds is 11. The Morgan fingerprint density at radius 2 is 1.65 bits per heavy atom. The summed E-state index contributed by atoms with van der Waals surface area (Å²) >= 11 is 0. The molecule has 0 aromatic carbocycles. The molecule has 3 unspecified atom stereocenters. The van der Waals surface area contributed by atoms with Gasteiger partial charge >= 0.3 is 0 Å². The number of hydrogen-bond donors (Lipinski definition) is 1. The van der Waals surface area contributed by atoms with Crippen LogP contribution in [-0.4, -0.2) is 18.8 Å². The Kier molecular flexibility index (Phi) is 11.0. The van der Waals surface area contributed by atoms with Gasteiger partial charge in [-0.15, -0.1) is 0 Å². The van der Waals surface area contributed by atoms with Gasteiger partial charge in [-0.1, -0.05) is 53.4 Å². The van der Waals surface area contributed by atoms with Crippen molar-refractivity contribution in [2.24, 2.45) is 11.7 Å². The van der Waals surface area contributed by atoms with Gasteiger partial charge in [-0.25, -0.2) is 0 Å². The highest BCUT2D eigenvalue weighted by Gasteiger charge is 2.17.